The molecule has 0 amide bonds. The van der Waals surface area contributed by atoms with Gasteiger partial charge >= 0.3 is 5.97 Å². The fourth-order valence-corrected chi connectivity index (χ4v) is 1.78. The van der Waals surface area contributed by atoms with E-state index in [4.69, 9.17) is 9.47 Å². The van der Waals surface area contributed by atoms with Crippen molar-refractivity contribution >= 4 is 12.0 Å². The van der Waals surface area contributed by atoms with E-state index in [-0.39, 0.29) is 12.1 Å². The number of hydrogen-bond acceptors (Lipinski definition) is 4. The largest absolute Gasteiger partial charge is 0.463 e. The van der Waals surface area contributed by atoms with E-state index in [2.05, 4.69) is 4.98 Å². The first-order valence-electron chi connectivity index (χ1n) is 6.18. The van der Waals surface area contributed by atoms with Crippen LogP contribution < -0.4 is 0 Å². The Hall–Kier alpha value is -1.62. The van der Waals surface area contributed by atoms with Gasteiger partial charge in [-0.15, -0.1) is 0 Å². The average molecular weight is 250 g/mol. The molecule has 1 aliphatic rings. The highest BCUT2D eigenvalue weighted by Crippen LogP contribution is 2.15. The highest BCUT2D eigenvalue weighted by molar-refractivity contribution is 5.92. The Morgan fingerprint density at radius 3 is 3.11 bits per heavy atom. The lowest BCUT2D eigenvalue weighted by Crippen LogP contribution is -2.31. The molecule has 0 spiro atoms. The van der Waals surface area contributed by atoms with Crippen LogP contribution in [0.2, 0.25) is 0 Å². The minimum Gasteiger partial charge on any atom is -0.463 e. The highest BCUT2D eigenvalue weighted by Gasteiger charge is 2.19. The number of nitrogens with zero attached hydrogens (tertiary/aromatic N) is 2. The van der Waals surface area contributed by atoms with Crippen molar-refractivity contribution in [2.45, 2.75) is 32.9 Å². The normalized spacial score (nSPS) is 19.4. The lowest BCUT2D eigenvalue weighted by atomic mass is 10.2. The molecule has 0 bridgehead atoms. The van der Waals surface area contributed by atoms with Gasteiger partial charge in [-0.05, 0) is 26.3 Å². The van der Waals surface area contributed by atoms with Crippen LogP contribution in [0.4, 0.5) is 0 Å². The minimum atomic E-state index is -0.287. The SMILES string of the molecule is CCOC(=O)/C(C)=C/c1cncn1C[C@@H]1CCO1. The Balaban J connectivity index is 2.05. The Morgan fingerprint density at radius 1 is 1.72 bits per heavy atom. The van der Waals surface area contributed by atoms with Crippen LogP contribution in [0.15, 0.2) is 18.1 Å². The maximum Gasteiger partial charge on any atom is 0.333 e. The molecular weight excluding hydrogens is 232 g/mol. The zero-order valence-electron chi connectivity index (χ0n) is 10.8. The predicted molar refractivity (Wildman–Crippen MR) is 66.9 cm³/mol. The van der Waals surface area contributed by atoms with Crippen molar-refractivity contribution in [2.75, 3.05) is 13.2 Å². The minimum absolute atomic E-state index is 0.272. The number of imidazole rings is 1. The van der Waals surface area contributed by atoms with Crippen LogP contribution in [-0.2, 0) is 20.8 Å². The summed E-state index contributed by atoms with van der Waals surface area (Å²) in [5, 5.41) is 0. The predicted octanol–water partition coefficient (Wildman–Crippen LogP) is 1.64. The number of hydrogen-bond donors (Lipinski definition) is 0. The van der Waals surface area contributed by atoms with Gasteiger partial charge in [0.2, 0.25) is 0 Å². The van der Waals surface area contributed by atoms with Gasteiger partial charge in [-0.2, -0.15) is 0 Å². The van der Waals surface area contributed by atoms with Crippen LogP contribution in [-0.4, -0.2) is 34.8 Å². The van der Waals surface area contributed by atoms with Crippen molar-refractivity contribution in [3.05, 3.63) is 23.8 Å². The van der Waals surface area contributed by atoms with Gasteiger partial charge in [0.15, 0.2) is 0 Å². The Bertz CT molecular complexity index is 447. The number of ether oxygens (including phenoxy) is 2. The van der Waals surface area contributed by atoms with E-state index >= 15 is 0 Å². The van der Waals surface area contributed by atoms with E-state index < -0.39 is 0 Å². The van der Waals surface area contributed by atoms with E-state index in [0.29, 0.717) is 12.2 Å². The molecule has 1 fully saturated rings. The molecule has 1 aromatic rings. The molecule has 0 saturated carbocycles. The first kappa shape index (κ1) is 12.8. The third-order valence-corrected chi connectivity index (χ3v) is 2.90. The summed E-state index contributed by atoms with van der Waals surface area (Å²) < 4.78 is 12.3. The monoisotopic (exact) mass is 250 g/mol. The molecule has 1 aromatic heterocycles. The van der Waals surface area contributed by atoms with E-state index in [9.17, 15) is 4.79 Å². The number of aromatic nitrogens is 2. The molecule has 2 rings (SSSR count). The van der Waals surface area contributed by atoms with Gasteiger partial charge in [0.05, 0.1) is 37.5 Å². The molecule has 2 heterocycles. The van der Waals surface area contributed by atoms with Gasteiger partial charge in [-0.1, -0.05) is 0 Å². The Kier molecular flexibility index (Phi) is 4.15. The lowest BCUT2D eigenvalue weighted by molar-refractivity contribution is -0.138. The van der Waals surface area contributed by atoms with E-state index in [1.165, 1.54) is 0 Å². The molecule has 98 valence electrons. The third kappa shape index (κ3) is 2.98. The number of carbonyl (C=O) groups is 1. The number of rotatable bonds is 5. The first-order valence-corrected chi connectivity index (χ1v) is 6.18. The van der Waals surface area contributed by atoms with Gasteiger partial charge in [0.25, 0.3) is 0 Å². The molecular formula is C13H18N2O3. The second-order valence-corrected chi connectivity index (χ2v) is 4.30. The second-order valence-electron chi connectivity index (χ2n) is 4.30. The molecule has 1 saturated heterocycles. The molecule has 5 heteroatoms. The van der Waals surface area contributed by atoms with Crippen molar-refractivity contribution in [2.24, 2.45) is 0 Å². The average Bonchev–Trinajstić information content (AvgIpc) is 2.71. The topological polar surface area (TPSA) is 53.3 Å². The molecule has 18 heavy (non-hydrogen) atoms. The lowest BCUT2D eigenvalue weighted by Gasteiger charge is -2.27. The summed E-state index contributed by atoms with van der Waals surface area (Å²) in [7, 11) is 0. The third-order valence-electron chi connectivity index (χ3n) is 2.90. The van der Waals surface area contributed by atoms with Crippen molar-refractivity contribution in [1.29, 1.82) is 0 Å². The molecule has 0 unspecified atom stereocenters. The van der Waals surface area contributed by atoms with Crippen LogP contribution >= 0.6 is 0 Å². The van der Waals surface area contributed by atoms with E-state index in [1.807, 2.05) is 4.57 Å². The van der Waals surface area contributed by atoms with Crippen molar-refractivity contribution in [3.63, 3.8) is 0 Å². The molecule has 1 atom stereocenters. The first-order chi connectivity index (χ1) is 8.70. The maximum atomic E-state index is 11.5. The van der Waals surface area contributed by atoms with E-state index in [1.54, 1.807) is 32.4 Å². The summed E-state index contributed by atoms with van der Waals surface area (Å²) in [5.41, 5.74) is 1.48. The number of carbonyl (C=O) groups excluding carboxylic acids is 1. The van der Waals surface area contributed by atoms with Gasteiger partial charge < -0.3 is 14.0 Å². The van der Waals surface area contributed by atoms with Gasteiger partial charge in [0.1, 0.15) is 0 Å². The zero-order valence-corrected chi connectivity index (χ0v) is 10.8. The second kappa shape index (κ2) is 5.82. The summed E-state index contributed by atoms with van der Waals surface area (Å²) in [6.45, 7) is 5.55. The highest BCUT2D eigenvalue weighted by atomic mass is 16.5. The van der Waals surface area contributed by atoms with Gasteiger partial charge in [-0.25, -0.2) is 9.78 Å². The Morgan fingerprint density at radius 2 is 2.50 bits per heavy atom. The standard InChI is InChI=1S/C13H18N2O3/c1-3-17-13(16)10(2)6-11-7-14-9-15(11)8-12-4-5-18-12/h6-7,9,12H,3-5,8H2,1-2H3/b10-6+/t12-/m0/s1. The van der Waals surface area contributed by atoms with Crippen LogP contribution in [0.25, 0.3) is 6.08 Å². The van der Waals surface area contributed by atoms with Crippen molar-refractivity contribution < 1.29 is 14.3 Å². The van der Waals surface area contributed by atoms with Crippen molar-refractivity contribution in [1.82, 2.24) is 9.55 Å². The molecule has 0 radical (unpaired) electrons. The van der Waals surface area contributed by atoms with E-state index in [0.717, 1.165) is 25.3 Å². The number of esters is 1. The van der Waals surface area contributed by atoms with Crippen LogP contribution in [0.5, 0.6) is 0 Å². The van der Waals surface area contributed by atoms with Crippen molar-refractivity contribution in [3.8, 4) is 0 Å². The summed E-state index contributed by atoms with van der Waals surface area (Å²) in [6.07, 6.45) is 6.64. The Labute approximate surface area is 106 Å². The summed E-state index contributed by atoms with van der Waals surface area (Å²) in [5.74, 6) is -0.287. The summed E-state index contributed by atoms with van der Waals surface area (Å²) >= 11 is 0. The smallest absolute Gasteiger partial charge is 0.333 e. The van der Waals surface area contributed by atoms with Crippen LogP contribution in [0.3, 0.4) is 0 Å². The zero-order chi connectivity index (χ0) is 13.0. The maximum absolute atomic E-state index is 11.5. The molecule has 1 aliphatic heterocycles. The van der Waals surface area contributed by atoms with Crippen LogP contribution in [0, 0.1) is 0 Å². The van der Waals surface area contributed by atoms with Crippen LogP contribution in [0.1, 0.15) is 26.0 Å². The summed E-state index contributed by atoms with van der Waals surface area (Å²) in [4.78, 5) is 15.6. The van der Waals surface area contributed by atoms with Gasteiger partial charge in [0, 0.05) is 12.2 Å². The summed E-state index contributed by atoms with van der Waals surface area (Å²) in [6, 6.07) is 0. The van der Waals surface area contributed by atoms with Gasteiger partial charge in [-0.3, -0.25) is 0 Å². The fraction of sp³-hybridized carbons (Fsp3) is 0.538. The molecule has 0 aliphatic carbocycles. The quantitative estimate of drug-likeness (QED) is 0.589. The molecule has 0 N–H and O–H groups in total. The molecule has 0 aromatic carbocycles. The molecule has 5 nitrogen and oxygen atoms in total. The fourth-order valence-electron chi connectivity index (χ4n) is 1.78.